The van der Waals surface area contributed by atoms with E-state index in [1.54, 1.807) is 12.1 Å². The van der Waals surface area contributed by atoms with Crippen LogP contribution in [0.4, 0.5) is 0 Å². The standard InChI is InChI=1S/C18H21N3O4/c1-10(2)15(17-20-16(21-25-17)12-6-7-12)19-14(22)9-11-4-3-5-13(8-11)18(23)24/h3-5,8,10,12,15H,6-7,9H2,1-2H3,(H,19,22)(H,23,24). The van der Waals surface area contributed by atoms with Crippen molar-refractivity contribution in [3.05, 3.63) is 47.1 Å². The first-order valence-electron chi connectivity index (χ1n) is 8.39. The minimum atomic E-state index is -1.01. The van der Waals surface area contributed by atoms with Crippen molar-refractivity contribution in [2.24, 2.45) is 5.92 Å². The third kappa shape index (κ3) is 4.23. The van der Waals surface area contributed by atoms with Crippen LogP contribution in [0, 0.1) is 5.92 Å². The second-order valence-corrected chi connectivity index (χ2v) is 6.74. The number of carboxylic acids is 1. The lowest BCUT2D eigenvalue weighted by molar-refractivity contribution is -0.121. The molecule has 1 aromatic heterocycles. The van der Waals surface area contributed by atoms with Gasteiger partial charge in [0.1, 0.15) is 6.04 Å². The van der Waals surface area contributed by atoms with E-state index in [1.807, 2.05) is 13.8 Å². The number of carboxylic acid groups (broad SMARTS) is 1. The average molecular weight is 343 g/mol. The smallest absolute Gasteiger partial charge is 0.335 e. The molecule has 2 N–H and O–H groups in total. The molecule has 0 bridgehead atoms. The first-order chi connectivity index (χ1) is 11.9. The van der Waals surface area contributed by atoms with Crippen LogP contribution in [-0.2, 0) is 11.2 Å². The Morgan fingerprint density at radius 2 is 2.12 bits per heavy atom. The SMILES string of the molecule is CC(C)C(NC(=O)Cc1cccc(C(=O)O)c1)c1nc(C2CC2)no1. The summed E-state index contributed by atoms with van der Waals surface area (Å²) in [5.74, 6) is 0.378. The van der Waals surface area contributed by atoms with Gasteiger partial charge in [-0.1, -0.05) is 31.1 Å². The Balaban J connectivity index is 1.68. The predicted molar refractivity (Wildman–Crippen MR) is 89.1 cm³/mol. The highest BCUT2D eigenvalue weighted by Crippen LogP contribution is 2.38. The van der Waals surface area contributed by atoms with E-state index in [1.165, 1.54) is 12.1 Å². The summed E-state index contributed by atoms with van der Waals surface area (Å²) in [5.41, 5.74) is 0.806. The number of hydrogen-bond donors (Lipinski definition) is 2. The summed E-state index contributed by atoms with van der Waals surface area (Å²) in [6, 6.07) is 6.00. The van der Waals surface area contributed by atoms with Crippen molar-refractivity contribution in [2.45, 2.75) is 45.1 Å². The number of aromatic nitrogens is 2. The van der Waals surface area contributed by atoms with Crippen molar-refractivity contribution >= 4 is 11.9 Å². The topological polar surface area (TPSA) is 105 Å². The maximum Gasteiger partial charge on any atom is 0.335 e. The van der Waals surface area contributed by atoms with Crippen LogP contribution in [0.5, 0.6) is 0 Å². The molecule has 3 rings (SSSR count). The molecule has 1 atom stereocenters. The first-order valence-corrected chi connectivity index (χ1v) is 8.39. The molecular weight excluding hydrogens is 322 g/mol. The molecule has 7 nitrogen and oxygen atoms in total. The summed E-state index contributed by atoms with van der Waals surface area (Å²) in [5, 5.41) is 16.0. The highest BCUT2D eigenvalue weighted by atomic mass is 16.5. The van der Waals surface area contributed by atoms with Crippen LogP contribution in [0.25, 0.3) is 0 Å². The fourth-order valence-corrected chi connectivity index (χ4v) is 2.62. The summed E-state index contributed by atoms with van der Waals surface area (Å²) in [6.07, 6.45) is 2.25. The monoisotopic (exact) mass is 343 g/mol. The van der Waals surface area contributed by atoms with E-state index in [4.69, 9.17) is 9.63 Å². The summed E-state index contributed by atoms with van der Waals surface area (Å²) < 4.78 is 5.34. The Hall–Kier alpha value is -2.70. The zero-order valence-corrected chi connectivity index (χ0v) is 14.2. The summed E-state index contributed by atoms with van der Waals surface area (Å²) in [7, 11) is 0. The molecule has 1 saturated carbocycles. The highest BCUT2D eigenvalue weighted by molar-refractivity contribution is 5.88. The highest BCUT2D eigenvalue weighted by Gasteiger charge is 2.31. The van der Waals surface area contributed by atoms with E-state index < -0.39 is 5.97 Å². The normalized spacial score (nSPS) is 15.2. The number of nitrogens with one attached hydrogen (secondary N) is 1. The van der Waals surface area contributed by atoms with Crippen molar-refractivity contribution in [1.29, 1.82) is 0 Å². The zero-order valence-electron chi connectivity index (χ0n) is 14.2. The Morgan fingerprint density at radius 1 is 1.36 bits per heavy atom. The Bertz CT molecular complexity index is 780. The minimum Gasteiger partial charge on any atom is -0.478 e. The number of hydrogen-bond acceptors (Lipinski definition) is 5. The summed E-state index contributed by atoms with van der Waals surface area (Å²) in [4.78, 5) is 27.8. The lowest BCUT2D eigenvalue weighted by Crippen LogP contribution is -2.33. The van der Waals surface area contributed by atoms with E-state index in [2.05, 4.69) is 15.5 Å². The van der Waals surface area contributed by atoms with E-state index in [0.29, 0.717) is 23.2 Å². The van der Waals surface area contributed by atoms with Gasteiger partial charge in [-0.15, -0.1) is 0 Å². The van der Waals surface area contributed by atoms with Gasteiger partial charge in [0.25, 0.3) is 0 Å². The van der Waals surface area contributed by atoms with Crippen LogP contribution in [0.3, 0.4) is 0 Å². The van der Waals surface area contributed by atoms with Gasteiger partial charge >= 0.3 is 5.97 Å². The first kappa shape index (κ1) is 17.1. The molecule has 0 radical (unpaired) electrons. The van der Waals surface area contributed by atoms with Gasteiger partial charge in [0.2, 0.25) is 11.8 Å². The van der Waals surface area contributed by atoms with E-state index >= 15 is 0 Å². The second-order valence-electron chi connectivity index (χ2n) is 6.74. The van der Waals surface area contributed by atoms with Gasteiger partial charge in [-0.2, -0.15) is 4.98 Å². The zero-order chi connectivity index (χ0) is 18.0. The molecule has 1 unspecified atom stereocenters. The maximum atomic E-state index is 12.4. The lowest BCUT2D eigenvalue weighted by Gasteiger charge is -2.18. The van der Waals surface area contributed by atoms with Gasteiger partial charge in [-0.3, -0.25) is 4.79 Å². The largest absolute Gasteiger partial charge is 0.478 e. The van der Waals surface area contributed by atoms with Crippen LogP contribution in [0.15, 0.2) is 28.8 Å². The molecule has 0 spiro atoms. The van der Waals surface area contributed by atoms with Gasteiger partial charge in [0.15, 0.2) is 5.82 Å². The molecular formula is C18H21N3O4. The van der Waals surface area contributed by atoms with E-state index in [0.717, 1.165) is 12.8 Å². The van der Waals surface area contributed by atoms with Gasteiger partial charge in [0.05, 0.1) is 12.0 Å². The van der Waals surface area contributed by atoms with Crippen LogP contribution < -0.4 is 5.32 Å². The Morgan fingerprint density at radius 3 is 2.76 bits per heavy atom. The number of carbonyl (C=O) groups is 2. The van der Waals surface area contributed by atoms with Crippen LogP contribution in [-0.4, -0.2) is 27.1 Å². The van der Waals surface area contributed by atoms with Gasteiger partial charge < -0.3 is 14.9 Å². The summed E-state index contributed by atoms with van der Waals surface area (Å²) in [6.45, 7) is 3.94. The van der Waals surface area contributed by atoms with E-state index in [9.17, 15) is 9.59 Å². The molecule has 1 fully saturated rings. The van der Waals surface area contributed by atoms with Crippen LogP contribution in [0.2, 0.25) is 0 Å². The summed E-state index contributed by atoms with van der Waals surface area (Å²) >= 11 is 0. The van der Waals surface area contributed by atoms with Crippen LogP contribution >= 0.6 is 0 Å². The quantitative estimate of drug-likeness (QED) is 0.801. The van der Waals surface area contributed by atoms with Crippen molar-refractivity contribution < 1.29 is 19.2 Å². The second kappa shape index (κ2) is 7.04. The third-order valence-electron chi connectivity index (χ3n) is 4.19. The Labute approximate surface area is 145 Å². The number of carbonyl (C=O) groups excluding carboxylic acids is 1. The Kier molecular flexibility index (Phi) is 4.83. The lowest BCUT2D eigenvalue weighted by atomic mass is 10.0. The third-order valence-corrected chi connectivity index (χ3v) is 4.19. The van der Waals surface area contributed by atoms with Crippen molar-refractivity contribution in [2.75, 3.05) is 0 Å². The molecule has 25 heavy (non-hydrogen) atoms. The van der Waals surface area contributed by atoms with Gasteiger partial charge in [0, 0.05) is 5.92 Å². The number of nitrogens with zero attached hydrogens (tertiary/aromatic N) is 2. The molecule has 1 aliphatic rings. The van der Waals surface area contributed by atoms with Gasteiger partial charge in [-0.05, 0) is 36.5 Å². The number of aromatic carboxylic acids is 1. The number of amides is 1. The van der Waals surface area contributed by atoms with Crippen molar-refractivity contribution in [3.63, 3.8) is 0 Å². The molecule has 132 valence electrons. The fourth-order valence-electron chi connectivity index (χ4n) is 2.62. The molecule has 0 saturated heterocycles. The number of rotatable bonds is 7. The van der Waals surface area contributed by atoms with Crippen molar-refractivity contribution in [1.82, 2.24) is 15.5 Å². The van der Waals surface area contributed by atoms with Crippen LogP contribution in [0.1, 0.15) is 66.3 Å². The van der Waals surface area contributed by atoms with Crippen molar-refractivity contribution in [3.8, 4) is 0 Å². The molecule has 0 aliphatic heterocycles. The molecule has 1 aromatic carbocycles. The molecule has 7 heteroatoms. The molecule has 2 aromatic rings. The molecule has 1 aliphatic carbocycles. The number of benzene rings is 1. The van der Waals surface area contributed by atoms with E-state index in [-0.39, 0.29) is 29.9 Å². The average Bonchev–Trinajstić information content (AvgIpc) is 3.30. The fraction of sp³-hybridized carbons (Fsp3) is 0.444. The molecule has 1 heterocycles. The van der Waals surface area contributed by atoms with Gasteiger partial charge in [-0.25, -0.2) is 4.79 Å². The minimum absolute atomic E-state index is 0.0850. The predicted octanol–water partition coefficient (Wildman–Crippen LogP) is 2.70. The molecule has 1 amide bonds. The maximum absolute atomic E-state index is 12.4.